The zero-order valence-corrected chi connectivity index (χ0v) is 13.3. The molecule has 3 rings (SSSR count). The van der Waals surface area contributed by atoms with Crippen LogP contribution in [0, 0.1) is 0 Å². The number of nitrogens with one attached hydrogen (secondary N) is 1. The van der Waals surface area contributed by atoms with Gasteiger partial charge in [0.2, 0.25) is 0 Å². The van der Waals surface area contributed by atoms with E-state index >= 15 is 0 Å². The Morgan fingerprint density at radius 2 is 2.05 bits per heavy atom. The van der Waals surface area contributed by atoms with Crippen molar-refractivity contribution >= 4 is 26.8 Å². The summed E-state index contributed by atoms with van der Waals surface area (Å²) in [5.41, 5.74) is 3.11. The predicted octanol–water partition coefficient (Wildman–Crippen LogP) is 4.09. The Balaban J connectivity index is 2.13. The minimum Gasteiger partial charge on any atom is -0.305 e. The third-order valence-corrected chi connectivity index (χ3v) is 4.04. The molecule has 1 atom stereocenters. The van der Waals surface area contributed by atoms with Crippen LogP contribution in [0.5, 0.6) is 0 Å². The average Bonchev–Trinajstić information content (AvgIpc) is 2.53. The third-order valence-electron chi connectivity index (χ3n) is 3.40. The zero-order chi connectivity index (χ0) is 14.7. The first kappa shape index (κ1) is 14.2. The molecular formula is C17H16BrN3. The highest BCUT2D eigenvalue weighted by Crippen LogP contribution is 2.29. The lowest BCUT2D eigenvalue weighted by Gasteiger charge is -2.19. The number of hydrogen-bond acceptors (Lipinski definition) is 3. The van der Waals surface area contributed by atoms with Gasteiger partial charge < -0.3 is 5.32 Å². The molecule has 2 aromatic heterocycles. The maximum absolute atomic E-state index is 4.83. The summed E-state index contributed by atoms with van der Waals surface area (Å²) in [5.74, 6) is 0. The van der Waals surface area contributed by atoms with Crippen LogP contribution in [0.1, 0.15) is 24.2 Å². The third kappa shape index (κ3) is 2.96. The molecule has 1 unspecified atom stereocenters. The summed E-state index contributed by atoms with van der Waals surface area (Å²) in [6.45, 7) is 2.96. The fourth-order valence-corrected chi connectivity index (χ4v) is 2.99. The van der Waals surface area contributed by atoms with Gasteiger partial charge in [-0.25, -0.2) is 4.98 Å². The normalized spacial score (nSPS) is 12.5. The molecular weight excluding hydrogens is 326 g/mol. The van der Waals surface area contributed by atoms with Gasteiger partial charge in [-0.05, 0) is 46.2 Å². The van der Waals surface area contributed by atoms with E-state index in [9.17, 15) is 0 Å². The highest BCUT2D eigenvalue weighted by Gasteiger charge is 2.18. The molecule has 0 fully saturated rings. The van der Waals surface area contributed by atoms with Gasteiger partial charge in [0.15, 0.2) is 0 Å². The van der Waals surface area contributed by atoms with Crippen LogP contribution in [-0.2, 0) is 0 Å². The van der Waals surface area contributed by atoms with Gasteiger partial charge in [-0.1, -0.05) is 31.2 Å². The predicted molar refractivity (Wildman–Crippen MR) is 89.2 cm³/mol. The van der Waals surface area contributed by atoms with Gasteiger partial charge in [-0.15, -0.1) is 0 Å². The van der Waals surface area contributed by atoms with Crippen LogP contribution in [-0.4, -0.2) is 16.5 Å². The van der Waals surface area contributed by atoms with E-state index < -0.39 is 0 Å². The molecule has 4 heteroatoms. The van der Waals surface area contributed by atoms with E-state index in [0.29, 0.717) is 0 Å². The monoisotopic (exact) mass is 341 g/mol. The van der Waals surface area contributed by atoms with Crippen LogP contribution >= 0.6 is 15.9 Å². The molecule has 0 aliphatic heterocycles. The summed E-state index contributed by atoms with van der Waals surface area (Å²) >= 11 is 3.66. The summed E-state index contributed by atoms with van der Waals surface area (Å²) in [5, 5.41) is 4.62. The van der Waals surface area contributed by atoms with E-state index in [-0.39, 0.29) is 6.04 Å². The fourth-order valence-electron chi connectivity index (χ4n) is 2.43. The van der Waals surface area contributed by atoms with E-state index in [2.05, 4.69) is 51.4 Å². The van der Waals surface area contributed by atoms with Crippen molar-refractivity contribution in [2.75, 3.05) is 6.54 Å². The molecule has 1 aromatic carbocycles. The van der Waals surface area contributed by atoms with Crippen molar-refractivity contribution in [2.45, 2.75) is 13.0 Å². The molecule has 0 aliphatic carbocycles. The van der Waals surface area contributed by atoms with Gasteiger partial charge in [0.1, 0.15) is 0 Å². The van der Waals surface area contributed by atoms with Crippen molar-refractivity contribution in [1.29, 1.82) is 0 Å². The number of fused-ring (bicyclic) bond motifs is 1. The second kappa shape index (κ2) is 6.33. The van der Waals surface area contributed by atoms with Crippen LogP contribution in [0.2, 0.25) is 0 Å². The number of para-hydroxylation sites is 1. The van der Waals surface area contributed by atoms with Crippen LogP contribution in [0.3, 0.4) is 0 Å². The average molecular weight is 342 g/mol. The standard InChI is InChI=1S/C17H16BrN3/c1-2-20-16(13-7-5-9-19-11-13)17-14(18)10-12-6-3-4-8-15(12)21-17/h3-11,16,20H,2H2,1H3. The Labute approximate surface area is 132 Å². The molecule has 2 heterocycles. The van der Waals surface area contributed by atoms with Crippen LogP contribution in [0.15, 0.2) is 59.3 Å². The Morgan fingerprint density at radius 1 is 1.19 bits per heavy atom. The van der Waals surface area contributed by atoms with Crippen molar-refractivity contribution in [3.8, 4) is 0 Å². The molecule has 0 amide bonds. The molecule has 106 valence electrons. The van der Waals surface area contributed by atoms with E-state index in [1.165, 1.54) is 0 Å². The zero-order valence-electron chi connectivity index (χ0n) is 11.8. The highest BCUT2D eigenvalue weighted by atomic mass is 79.9. The molecule has 0 spiro atoms. The van der Waals surface area contributed by atoms with E-state index in [1.54, 1.807) is 6.20 Å². The lowest BCUT2D eigenvalue weighted by Crippen LogP contribution is -2.23. The molecule has 1 N–H and O–H groups in total. The van der Waals surface area contributed by atoms with Crippen molar-refractivity contribution in [2.24, 2.45) is 0 Å². The minimum absolute atomic E-state index is 0.0303. The topological polar surface area (TPSA) is 37.8 Å². The number of hydrogen-bond donors (Lipinski definition) is 1. The Kier molecular flexibility index (Phi) is 4.27. The Bertz CT molecular complexity index is 743. The SMILES string of the molecule is CCNC(c1cccnc1)c1nc2ccccc2cc1Br. The Hall–Kier alpha value is -1.78. The number of pyridine rings is 2. The van der Waals surface area contributed by atoms with Crippen molar-refractivity contribution in [3.63, 3.8) is 0 Å². The van der Waals surface area contributed by atoms with Crippen molar-refractivity contribution in [1.82, 2.24) is 15.3 Å². The molecule has 0 aliphatic rings. The number of nitrogens with zero attached hydrogens (tertiary/aromatic N) is 2. The lowest BCUT2D eigenvalue weighted by molar-refractivity contribution is 0.613. The molecule has 0 radical (unpaired) electrons. The number of aromatic nitrogens is 2. The quantitative estimate of drug-likeness (QED) is 0.776. The summed E-state index contributed by atoms with van der Waals surface area (Å²) in [4.78, 5) is 9.06. The van der Waals surface area contributed by atoms with Gasteiger partial charge in [0.25, 0.3) is 0 Å². The first-order chi connectivity index (χ1) is 10.3. The number of benzene rings is 1. The van der Waals surface area contributed by atoms with Gasteiger partial charge in [-0.3, -0.25) is 4.98 Å². The number of halogens is 1. The van der Waals surface area contributed by atoms with Gasteiger partial charge >= 0.3 is 0 Å². The summed E-state index contributed by atoms with van der Waals surface area (Å²) in [6, 6.07) is 14.3. The summed E-state index contributed by atoms with van der Waals surface area (Å²) < 4.78 is 1.01. The highest BCUT2D eigenvalue weighted by molar-refractivity contribution is 9.10. The van der Waals surface area contributed by atoms with Crippen LogP contribution in [0.4, 0.5) is 0 Å². The van der Waals surface area contributed by atoms with Gasteiger partial charge in [0.05, 0.1) is 17.3 Å². The number of rotatable bonds is 4. The van der Waals surface area contributed by atoms with Crippen molar-refractivity contribution in [3.05, 3.63) is 70.6 Å². The largest absolute Gasteiger partial charge is 0.305 e. The summed E-state index contributed by atoms with van der Waals surface area (Å²) in [6.07, 6.45) is 3.67. The molecule has 0 bridgehead atoms. The van der Waals surface area contributed by atoms with Crippen molar-refractivity contribution < 1.29 is 0 Å². The van der Waals surface area contributed by atoms with E-state index in [1.807, 2.05) is 30.5 Å². The second-order valence-corrected chi connectivity index (χ2v) is 5.68. The first-order valence-electron chi connectivity index (χ1n) is 6.98. The minimum atomic E-state index is 0.0303. The second-order valence-electron chi connectivity index (χ2n) is 4.83. The molecule has 3 aromatic rings. The molecule has 21 heavy (non-hydrogen) atoms. The van der Waals surface area contributed by atoms with Gasteiger partial charge in [0, 0.05) is 22.3 Å². The van der Waals surface area contributed by atoms with E-state index in [4.69, 9.17) is 4.98 Å². The maximum Gasteiger partial charge on any atom is 0.0778 e. The van der Waals surface area contributed by atoms with E-state index in [0.717, 1.165) is 33.2 Å². The van der Waals surface area contributed by atoms with Crippen LogP contribution in [0.25, 0.3) is 10.9 Å². The molecule has 0 saturated heterocycles. The molecule has 0 saturated carbocycles. The smallest absolute Gasteiger partial charge is 0.0778 e. The van der Waals surface area contributed by atoms with Gasteiger partial charge in [-0.2, -0.15) is 0 Å². The first-order valence-corrected chi connectivity index (χ1v) is 7.77. The summed E-state index contributed by atoms with van der Waals surface area (Å²) in [7, 11) is 0. The lowest BCUT2D eigenvalue weighted by atomic mass is 10.0. The van der Waals surface area contributed by atoms with Crippen LogP contribution < -0.4 is 5.32 Å². The molecule has 3 nitrogen and oxygen atoms in total. The maximum atomic E-state index is 4.83. The Morgan fingerprint density at radius 3 is 2.81 bits per heavy atom. The fraction of sp³-hybridized carbons (Fsp3) is 0.176.